The molecule has 1 heterocycles. The highest BCUT2D eigenvalue weighted by Crippen LogP contribution is 2.16. The number of guanidine groups is 1. The van der Waals surface area contributed by atoms with Crippen molar-refractivity contribution in [2.45, 2.75) is 32.7 Å². The van der Waals surface area contributed by atoms with E-state index in [-0.39, 0.29) is 24.0 Å². The van der Waals surface area contributed by atoms with Crippen LogP contribution in [0.25, 0.3) is 0 Å². The molecule has 1 atom stereocenters. The highest BCUT2D eigenvalue weighted by Gasteiger charge is 2.21. The summed E-state index contributed by atoms with van der Waals surface area (Å²) in [6.45, 7) is 10.9. The maximum Gasteiger partial charge on any atom is 0.193 e. The number of rotatable bonds is 7. The van der Waals surface area contributed by atoms with Crippen LogP contribution in [-0.2, 0) is 0 Å². The molecule has 0 aliphatic carbocycles. The highest BCUT2D eigenvalue weighted by molar-refractivity contribution is 14.0. The lowest BCUT2D eigenvalue weighted by atomic mass is 10.2. The van der Waals surface area contributed by atoms with Gasteiger partial charge in [-0.05, 0) is 25.5 Å². The molecule has 1 aromatic carbocycles. The molecule has 1 unspecified atom stereocenters. The predicted octanol–water partition coefficient (Wildman–Crippen LogP) is 3.12. The lowest BCUT2D eigenvalue weighted by Gasteiger charge is -2.39. The molecule has 148 valence electrons. The molecule has 26 heavy (non-hydrogen) atoms. The number of nitrogens with one attached hydrogen (secondary N) is 1. The van der Waals surface area contributed by atoms with E-state index in [0.717, 1.165) is 45.2 Å². The zero-order valence-corrected chi connectivity index (χ0v) is 19.1. The molecule has 1 saturated heterocycles. The van der Waals surface area contributed by atoms with Gasteiger partial charge in [0.25, 0.3) is 0 Å². The van der Waals surface area contributed by atoms with Gasteiger partial charge in [0.1, 0.15) is 0 Å². The van der Waals surface area contributed by atoms with Crippen LogP contribution in [0.5, 0.6) is 0 Å². The predicted molar refractivity (Wildman–Crippen MR) is 124 cm³/mol. The second-order valence-corrected chi connectivity index (χ2v) is 6.91. The Morgan fingerprint density at radius 3 is 2.42 bits per heavy atom. The fraction of sp³-hybridized carbons (Fsp3) is 0.650. The third kappa shape index (κ3) is 6.95. The van der Waals surface area contributed by atoms with Gasteiger partial charge in [-0.15, -0.1) is 24.0 Å². The summed E-state index contributed by atoms with van der Waals surface area (Å²) in [4.78, 5) is 11.7. The van der Waals surface area contributed by atoms with Gasteiger partial charge in [-0.1, -0.05) is 31.5 Å². The molecular weight excluding hydrogens is 437 g/mol. The van der Waals surface area contributed by atoms with Crippen LogP contribution in [0.15, 0.2) is 35.3 Å². The van der Waals surface area contributed by atoms with E-state index in [4.69, 9.17) is 0 Å². The number of para-hydroxylation sites is 1. The number of anilines is 1. The maximum absolute atomic E-state index is 4.41. The van der Waals surface area contributed by atoms with E-state index in [1.165, 1.54) is 18.5 Å². The van der Waals surface area contributed by atoms with Crippen molar-refractivity contribution in [2.75, 3.05) is 58.3 Å². The quantitative estimate of drug-likeness (QED) is 0.375. The van der Waals surface area contributed by atoms with Gasteiger partial charge in [-0.3, -0.25) is 9.89 Å². The zero-order valence-electron chi connectivity index (χ0n) is 16.8. The Balaban J connectivity index is 0.00000338. The molecule has 1 aliphatic heterocycles. The van der Waals surface area contributed by atoms with Gasteiger partial charge < -0.3 is 15.1 Å². The average Bonchev–Trinajstić information content (AvgIpc) is 2.67. The Hall–Kier alpha value is -1.02. The van der Waals surface area contributed by atoms with Crippen LogP contribution in [-0.4, -0.2) is 75.2 Å². The Morgan fingerprint density at radius 1 is 1.19 bits per heavy atom. The Bertz CT molecular complexity index is 514. The largest absolute Gasteiger partial charge is 0.369 e. The topological polar surface area (TPSA) is 34.1 Å². The third-order valence-electron chi connectivity index (χ3n) is 5.03. The normalized spacial score (nSPS) is 16.8. The minimum Gasteiger partial charge on any atom is -0.369 e. The van der Waals surface area contributed by atoms with Crippen molar-refractivity contribution in [3.05, 3.63) is 30.3 Å². The Morgan fingerprint density at radius 2 is 1.85 bits per heavy atom. The van der Waals surface area contributed by atoms with Crippen molar-refractivity contribution in [2.24, 2.45) is 4.99 Å². The molecule has 0 aromatic heterocycles. The van der Waals surface area contributed by atoms with E-state index in [2.05, 4.69) is 76.2 Å². The average molecular weight is 473 g/mol. The van der Waals surface area contributed by atoms with Crippen LogP contribution in [0.2, 0.25) is 0 Å². The molecule has 6 heteroatoms. The van der Waals surface area contributed by atoms with Crippen LogP contribution in [0, 0.1) is 0 Å². The van der Waals surface area contributed by atoms with E-state index >= 15 is 0 Å². The third-order valence-corrected chi connectivity index (χ3v) is 5.03. The fourth-order valence-electron chi connectivity index (χ4n) is 3.31. The molecule has 1 aliphatic rings. The van der Waals surface area contributed by atoms with Crippen molar-refractivity contribution < 1.29 is 0 Å². The molecule has 0 radical (unpaired) electrons. The number of nitrogens with zero attached hydrogens (tertiary/aromatic N) is 4. The molecule has 0 spiro atoms. The lowest BCUT2D eigenvalue weighted by molar-refractivity contribution is 0.196. The van der Waals surface area contributed by atoms with Crippen molar-refractivity contribution in [3.8, 4) is 0 Å². The first kappa shape index (κ1) is 23.0. The van der Waals surface area contributed by atoms with Gasteiger partial charge >= 0.3 is 0 Å². The van der Waals surface area contributed by atoms with Gasteiger partial charge in [0, 0.05) is 65.1 Å². The Kier molecular flexibility index (Phi) is 11.0. The summed E-state index contributed by atoms with van der Waals surface area (Å²) in [5, 5.41) is 3.54. The van der Waals surface area contributed by atoms with E-state index in [1.54, 1.807) is 0 Å². The second-order valence-electron chi connectivity index (χ2n) is 6.91. The summed E-state index contributed by atoms with van der Waals surface area (Å²) in [5.41, 5.74) is 1.34. The van der Waals surface area contributed by atoms with E-state index in [0.29, 0.717) is 6.04 Å². The van der Waals surface area contributed by atoms with E-state index in [1.807, 2.05) is 7.05 Å². The van der Waals surface area contributed by atoms with Crippen LogP contribution >= 0.6 is 24.0 Å². The monoisotopic (exact) mass is 473 g/mol. The molecule has 0 saturated carbocycles. The number of halogens is 1. The van der Waals surface area contributed by atoms with Crippen LogP contribution in [0.1, 0.15) is 26.7 Å². The Labute approximate surface area is 176 Å². The first-order chi connectivity index (χ1) is 12.2. The van der Waals surface area contributed by atoms with Gasteiger partial charge in [0.15, 0.2) is 5.96 Å². The number of piperazine rings is 1. The molecule has 5 nitrogen and oxygen atoms in total. The minimum absolute atomic E-state index is 0. The van der Waals surface area contributed by atoms with E-state index in [9.17, 15) is 0 Å². The van der Waals surface area contributed by atoms with Crippen LogP contribution in [0.4, 0.5) is 5.69 Å². The van der Waals surface area contributed by atoms with Gasteiger partial charge in [0.05, 0.1) is 0 Å². The minimum atomic E-state index is 0. The van der Waals surface area contributed by atoms with Gasteiger partial charge in [0.2, 0.25) is 0 Å². The van der Waals surface area contributed by atoms with Crippen LogP contribution < -0.4 is 10.2 Å². The van der Waals surface area contributed by atoms with E-state index < -0.39 is 0 Å². The number of hydrogen-bond acceptors (Lipinski definition) is 3. The summed E-state index contributed by atoms with van der Waals surface area (Å²) in [5.74, 6) is 1.00. The van der Waals surface area contributed by atoms with Gasteiger partial charge in [-0.2, -0.15) is 0 Å². The smallest absolute Gasteiger partial charge is 0.193 e. The molecule has 0 bridgehead atoms. The zero-order chi connectivity index (χ0) is 18.1. The summed E-state index contributed by atoms with van der Waals surface area (Å²) >= 11 is 0. The van der Waals surface area contributed by atoms with Crippen molar-refractivity contribution in [1.29, 1.82) is 0 Å². The summed E-state index contributed by atoms with van der Waals surface area (Å²) in [6.07, 6.45) is 2.41. The van der Waals surface area contributed by atoms with Crippen molar-refractivity contribution >= 4 is 35.6 Å². The number of benzene rings is 1. The molecule has 1 aromatic rings. The molecule has 1 fully saturated rings. The number of hydrogen-bond donors (Lipinski definition) is 1. The summed E-state index contributed by atoms with van der Waals surface area (Å²) < 4.78 is 0. The molecule has 0 amide bonds. The molecular formula is C20H36IN5. The van der Waals surface area contributed by atoms with Gasteiger partial charge in [-0.25, -0.2) is 0 Å². The first-order valence-electron chi connectivity index (χ1n) is 9.61. The number of aliphatic imine (C=N–C) groups is 1. The highest BCUT2D eigenvalue weighted by atomic mass is 127. The second kappa shape index (κ2) is 12.4. The molecule has 1 N–H and O–H groups in total. The SMILES string of the molecule is CCCCN(C)C(=NC)NCC(C)N1CCN(c2ccccc2)CC1.I. The molecule has 2 rings (SSSR count). The fourth-order valence-corrected chi connectivity index (χ4v) is 3.31. The van der Waals surface area contributed by atoms with Crippen molar-refractivity contribution in [3.63, 3.8) is 0 Å². The standard InChI is InChI=1S/C20H35N5.HI/c1-5-6-12-23(4)20(21-3)22-17-18(2)24-13-15-25(16-14-24)19-10-8-7-9-11-19;/h7-11,18H,5-6,12-17H2,1-4H3,(H,21,22);1H. The van der Waals surface area contributed by atoms with Crippen molar-refractivity contribution in [1.82, 2.24) is 15.1 Å². The summed E-state index contributed by atoms with van der Waals surface area (Å²) in [6, 6.07) is 11.2. The van der Waals surface area contributed by atoms with Crippen LogP contribution in [0.3, 0.4) is 0 Å². The summed E-state index contributed by atoms with van der Waals surface area (Å²) in [7, 11) is 3.99. The lowest BCUT2D eigenvalue weighted by Crippen LogP contribution is -2.53. The maximum atomic E-state index is 4.41. The first-order valence-corrected chi connectivity index (χ1v) is 9.61. The number of unbranched alkanes of at least 4 members (excludes halogenated alkanes) is 1.